The van der Waals surface area contributed by atoms with E-state index in [0.717, 1.165) is 0 Å². The lowest BCUT2D eigenvalue weighted by Gasteiger charge is -2.44. The number of carboxylic acids is 2. The van der Waals surface area contributed by atoms with Gasteiger partial charge in [-0.05, 0) is 82.3 Å². The summed E-state index contributed by atoms with van der Waals surface area (Å²) in [5.41, 5.74) is 2.61. The van der Waals surface area contributed by atoms with Crippen LogP contribution in [-0.4, -0.2) is 200 Å². The second kappa shape index (κ2) is 28.5. The Bertz CT molecular complexity index is 3350. The number of ether oxygens (including phenoxy) is 2. The number of halogens is 2. The molecule has 2 unspecified atom stereocenters. The first kappa shape index (κ1) is 67.5. The highest BCUT2D eigenvalue weighted by Crippen LogP contribution is 2.39. The molecule has 22 nitrogen and oxygen atoms in total. The molecule has 6 aliphatic heterocycles. The Labute approximate surface area is 526 Å². The van der Waals surface area contributed by atoms with Crippen molar-refractivity contribution in [3.05, 3.63) is 126 Å². The van der Waals surface area contributed by atoms with E-state index in [9.17, 15) is 47.8 Å². The van der Waals surface area contributed by atoms with E-state index in [1.54, 1.807) is 81.1 Å². The average Bonchev–Trinajstić information content (AvgIpc) is 2.11. The van der Waals surface area contributed by atoms with Crippen LogP contribution < -0.4 is 10.6 Å². The quantitative estimate of drug-likeness (QED) is 0.0715. The molecule has 10 rings (SSSR count). The number of nitrogens with zero attached hydrogens (tertiary/aromatic N) is 10. The third kappa shape index (κ3) is 14.3. The second-order valence-electron chi connectivity index (χ2n) is 22.5. The molecule has 0 saturated carbocycles. The number of hydrogen-bond donors (Lipinski definition) is 4. The molecule has 8 heterocycles. The van der Waals surface area contributed by atoms with Crippen LogP contribution in [0.3, 0.4) is 0 Å². The number of amidine groups is 2. The van der Waals surface area contributed by atoms with Crippen LogP contribution in [0.1, 0.15) is 92.3 Å². The predicted octanol–water partition coefficient (Wildman–Crippen LogP) is 6.68. The number of hydrogen-bond acceptors (Lipinski definition) is 18. The molecule has 0 aliphatic carbocycles. The molecule has 28 heteroatoms. The van der Waals surface area contributed by atoms with E-state index in [0.29, 0.717) is 138 Å². The number of urea groups is 2. The SMILES string of the molecule is CCOC(=O)C1=C(CN2CCN3C(=O)N(CC(C)C(=O)O)C[C@]3(C)C2)NC(c2nccs2)=N[C@H]1c1cccc(F)c1C.CCOC(=O)C1=C(CN2CCN3C(=O)N(CC(CC)C(=O)O)C[C@]3(C)C2)NC(c2nccs2)=N[C@H]1c1cccc(F)c1C.S.S. The third-order valence-corrected chi connectivity index (χ3v) is 18.0. The zero-order valence-electron chi connectivity index (χ0n) is 49.9. The maximum absolute atomic E-state index is 14.7. The number of aliphatic imine (C=N–C) groups is 2. The second-order valence-corrected chi connectivity index (χ2v) is 24.3. The van der Waals surface area contributed by atoms with Crippen LogP contribution >= 0.6 is 49.7 Å². The maximum Gasteiger partial charge on any atom is 0.338 e. The van der Waals surface area contributed by atoms with Crippen molar-refractivity contribution >= 4 is 97.3 Å². The van der Waals surface area contributed by atoms with Gasteiger partial charge in [0.05, 0.1) is 47.3 Å². The van der Waals surface area contributed by atoms with Gasteiger partial charge in [-0.2, -0.15) is 27.0 Å². The van der Waals surface area contributed by atoms with Crippen molar-refractivity contribution in [2.24, 2.45) is 21.8 Å². The Morgan fingerprint density at radius 2 is 1.09 bits per heavy atom. The molecular formula is C59H76F2N12O10S4. The highest BCUT2D eigenvalue weighted by atomic mass is 32.1. The normalized spacial score (nSPS) is 22.7. The van der Waals surface area contributed by atoms with Gasteiger partial charge in [-0.1, -0.05) is 38.1 Å². The fraction of sp³-hybridized carbons (Fsp3) is 0.492. The van der Waals surface area contributed by atoms with E-state index in [1.807, 2.05) is 41.3 Å². The zero-order chi connectivity index (χ0) is 61.1. The predicted molar refractivity (Wildman–Crippen MR) is 335 cm³/mol. The van der Waals surface area contributed by atoms with E-state index in [4.69, 9.17) is 19.5 Å². The number of rotatable bonds is 19. The minimum Gasteiger partial charge on any atom is -0.481 e. The molecule has 4 saturated heterocycles. The number of nitrogens with one attached hydrogen (secondary N) is 2. The topological polar surface area (TPSA) is 255 Å². The number of aliphatic carboxylic acids is 2. The van der Waals surface area contributed by atoms with Gasteiger partial charge in [0.15, 0.2) is 21.7 Å². The number of aromatic nitrogens is 2. The van der Waals surface area contributed by atoms with Gasteiger partial charge in [-0.25, -0.2) is 37.9 Å². The Kier molecular flexibility index (Phi) is 22.1. The first-order chi connectivity index (χ1) is 40.6. The summed E-state index contributed by atoms with van der Waals surface area (Å²) < 4.78 is 40.4. The number of esters is 2. The van der Waals surface area contributed by atoms with Gasteiger partial charge in [-0.3, -0.25) is 29.4 Å². The molecule has 4 amide bonds. The first-order valence-corrected chi connectivity index (χ1v) is 30.2. The maximum atomic E-state index is 14.7. The van der Waals surface area contributed by atoms with Gasteiger partial charge >= 0.3 is 35.9 Å². The van der Waals surface area contributed by atoms with Crippen LogP contribution in [0, 0.1) is 37.3 Å². The third-order valence-electron chi connectivity index (χ3n) is 16.5. The molecular weight excluding hydrogens is 1200 g/mol. The average molecular weight is 1280 g/mol. The molecule has 0 bridgehead atoms. The van der Waals surface area contributed by atoms with Gasteiger partial charge in [0, 0.05) is 113 Å². The summed E-state index contributed by atoms with van der Waals surface area (Å²) in [6.07, 6.45) is 3.78. The first-order valence-electron chi connectivity index (χ1n) is 28.4. The number of piperazine rings is 2. The lowest BCUT2D eigenvalue weighted by Crippen LogP contribution is -2.60. The van der Waals surface area contributed by atoms with Crippen molar-refractivity contribution in [1.29, 1.82) is 0 Å². The standard InChI is InChI=1S/C30H37FN6O5S.C29H35FN6O5S.2H2S/c1-5-19(27(38)39)14-36-17-30(4)16-35(11-12-37(30)29(36)41)15-22-23(28(40)42-6-2)24(20-8-7-9-21(31)18(20)3)34-25(33-22)26-32-10-13-43-26;1-5-41-27(39)22-21(14-34-10-11-36-28(40)35(13-17(2)26(37)38)16-29(36,4)15-34)32-24(25-31-9-12-42-25)33-23(22)19-7-6-8-20(30)18(19)3;;/h7-10,13,19,24H,5-6,11-12,14-17H2,1-4H3,(H,33,34)(H,38,39);6-9,12,17,23H,5,10-11,13-16H2,1-4H3,(H,32,33)(H,37,38);2*1H2/t19?,24-,30-;17?,23-,29-;;/m00../s1. The van der Waals surface area contributed by atoms with Crippen LogP contribution in [-0.2, 0) is 28.7 Å². The Hall–Kier alpha value is -6.98. The highest BCUT2D eigenvalue weighted by molar-refractivity contribution is 7.59. The van der Waals surface area contributed by atoms with E-state index in [1.165, 1.54) is 34.8 Å². The van der Waals surface area contributed by atoms with Crippen LogP contribution in [0.5, 0.6) is 0 Å². The Morgan fingerprint density at radius 3 is 1.46 bits per heavy atom. The number of fused-ring (bicyclic) bond motifs is 2. The minimum absolute atomic E-state index is 0. The van der Waals surface area contributed by atoms with Crippen LogP contribution in [0.4, 0.5) is 18.4 Å². The number of benzene rings is 2. The molecule has 4 fully saturated rings. The molecule has 470 valence electrons. The lowest BCUT2D eigenvalue weighted by atomic mass is 9.91. The van der Waals surface area contributed by atoms with E-state index >= 15 is 0 Å². The number of amides is 4. The minimum atomic E-state index is -0.943. The van der Waals surface area contributed by atoms with Gasteiger partial charge in [0.25, 0.3) is 0 Å². The summed E-state index contributed by atoms with van der Waals surface area (Å²) >= 11 is 2.80. The van der Waals surface area contributed by atoms with Gasteiger partial charge in [-0.15, -0.1) is 22.7 Å². The van der Waals surface area contributed by atoms with Crippen molar-refractivity contribution in [1.82, 2.24) is 50.0 Å². The fourth-order valence-electron chi connectivity index (χ4n) is 12.1. The number of carboxylic acid groups (broad SMARTS) is 2. The van der Waals surface area contributed by atoms with Crippen molar-refractivity contribution < 1.29 is 57.2 Å². The molecule has 2 aromatic carbocycles. The summed E-state index contributed by atoms with van der Waals surface area (Å²) in [6, 6.07) is 7.58. The molecule has 4 aromatic rings. The summed E-state index contributed by atoms with van der Waals surface area (Å²) in [5.74, 6) is -4.03. The van der Waals surface area contributed by atoms with E-state index < -0.39 is 64.7 Å². The van der Waals surface area contributed by atoms with Crippen LogP contribution in [0.25, 0.3) is 0 Å². The summed E-state index contributed by atoms with van der Waals surface area (Å²) in [4.78, 5) is 106. The molecule has 87 heavy (non-hydrogen) atoms. The number of carbonyl (C=O) groups excluding carboxylic acids is 4. The Morgan fingerprint density at radius 1 is 0.667 bits per heavy atom. The van der Waals surface area contributed by atoms with E-state index in [-0.39, 0.29) is 71.2 Å². The van der Waals surface area contributed by atoms with Crippen molar-refractivity contribution in [2.45, 2.75) is 85.0 Å². The fourth-order valence-corrected chi connectivity index (χ4v) is 13.3. The Balaban J connectivity index is 0.000000243. The summed E-state index contributed by atoms with van der Waals surface area (Å²) in [5, 5.41) is 30.6. The number of thiazole rings is 2. The van der Waals surface area contributed by atoms with Gasteiger partial charge in [0.2, 0.25) is 0 Å². The van der Waals surface area contributed by atoms with Crippen molar-refractivity contribution in [3.63, 3.8) is 0 Å². The summed E-state index contributed by atoms with van der Waals surface area (Å²) in [6.45, 7) is 19.3. The highest BCUT2D eigenvalue weighted by Gasteiger charge is 2.52. The lowest BCUT2D eigenvalue weighted by molar-refractivity contribution is -0.142. The summed E-state index contributed by atoms with van der Waals surface area (Å²) in [7, 11) is 0. The molecule has 0 radical (unpaired) electrons. The van der Waals surface area contributed by atoms with Crippen LogP contribution in [0.2, 0.25) is 0 Å². The van der Waals surface area contributed by atoms with Crippen molar-refractivity contribution in [3.8, 4) is 0 Å². The smallest absolute Gasteiger partial charge is 0.338 e. The van der Waals surface area contributed by atoms with Crippen molar-refractivity contribution in [2.75, 3.05) is 91.8 Å². The molecule has 4 N–H and O–H groups in total. The monoisotopic (exact) mass is 1280 g/mol. The zero-order valence-corrected chi connectivity index (χ0v) is 53.5. The molecule has 2 aromatic heterocycles. The molecule has 0 spiro atoms. The van der Waals surface area contributed by atoms with E-state index in [2.05, 4.69) is 30.4 Å². The largest absolute Gasteiger partial charge is 0.481 e. The molecule has 6 atom stereocenters. The number of carbonyl (C=O) groups is 6. The molecule has 6 aliphatic rings. The van der Waals surface area contributed by atoms with Crippen LogP contribution in [0.15, 0.2) is 92.1 Å². The van der Waals surface area contributed by atoms with Gasteiger partial charge in [0.1, 0.15) is 23.7 Å². The van der Waals surface area contributed by atoms with Gasteiger partial charge < -0.3 is 49.9 Å².